The van der Waals surface area contributed by atoms with Crippen LogP contribution in [0, 0.1) is 5.92 Å². The predicted octanol–water partition coefficient (Wildman–Crippen LogP) is 3.80. The number of carbonyl (C=O) groups is 3. The van der Waals surface area contributed by atoms with Gasteiger partial charge in [0, 0.05) is 44.4 Å². The minimum absolute atomic E-state index is 0.00448. The van der Waals surface area contributed by atoms with Crippen molar-refractivity contribution >= 4 is 23.5 Å². The summed E-state index contributed by atoms with van der Waals surface area (Å²) >= 11 is 0. The van der Waals surface area contributed by atoms with E-state index in [1.165, 1.54) is 6.92 Å². The molecule has 1 aliphatic heterocycles. The van der Waals surface area contributed by atoms with Gasteiger partial charge in [-0.25, -0.2) is 4.79 Å². The summed E-state index contributed by atoms with van der Waals surface area (Å²) < 4.78 is 5.43. The summed E-state index contributed by atoms with van der Waals surface area (Å²) in [4.78, 5) is 39.7. The van der Waals surface area contributed by atoms with Gasteiger partial charge in [0.15, 0.2) is 5.78 Å². The Kier molecular flexibility index (Phi) is 8.41. The third-order valence-corrected chi connectivity index (χ3v) is 5.07. The lowest BCUT2D eigenvalue weighted by Gasteiger charge is -2.35. The Hall–Kier alpha value is -2.41. The number of hydrogen-bond donors (Lipinski definition) is 1. The molecule has 1 heterocycles. The summed E-state index contributed by atoms with van der Waals surface area (Å²) in [7, 11) is 1.78. The van der Waals surface area contributed by atoms with Crippen molar-refractivity contribution in [2.45, 2.75) is 52.6 Å². The van der Waals surface area contributed by atoms with Gasteiger partial charge in [0.1, 0.15) is 5.60 Å². The Bertz CT molecular complexity index is 740. The van der Waals surface area contributed by atoms with E-state index in [1.54, 1.807) is 36.2 Å². The molecule has 1 N–H and O–H groups in total. The molecule has 0 aliphatic carbocycles. The summed E-state index contributed by atoms with van der Waals surface area (Å²) in [6.07, 6.45) is 2.23. The highest BCUT2D eigenvalue weighted by atomic mass is 16.6. The van der Waals surface area contributed by atoms with Crippen molar-refractivity contribution < 1.29 is 19.1 Å². The van der Waals surface area contributed by atoms with Crippen LogP contribution in [0.4, 0.5) is 10.5 Å². The Morgan fingerprint density at radius 2 is 1.87 bits per heavy atom. The van der Waals surface area contributed by atoms with Crippen LogP contribution >= 0.6 is 0 Å². The summed E-state index contributed by atoms with van der Waals surface area (Å²) in [5, 5.41) is 2.88. The second-order valence-electron chi connectivity index (χ2n) is 9.10. The van der Waals surface area contributed by atoms with Crippen LogP contribution in [0.25, 0.3) is 0 Å². The van der Waals surface area contributed by atoms with E-state index >= 15 is 0 Å². The molecule has 1 aromatic rings. The third-order valence-electron chi connectivity index (χ3n) is 5.07. The lowest BCUT2D eigenvalue weighted by atomic mass is 9.97. The molecule has 2 amide bonds. The van der Waals surface area contributed by atoms with Gasteiger partial charge in [-0.05, 0) is 77.3 Å². The molecular weight excluding hydrogens is 382 g/mol. The number of Topliss-reactive ketones (excluding diaryl/α,β-unsaturated/α-hetero) is 1. The van der Waals surface area contributed by atoms with Gasteiger partial charge in [-0.2, -0.15) is 0 Å². The van der Waals surface area contributed by atoms with Crippen LogP contribution in [0.5, 0.6) is 0 Å². The first-order chi connectivity index (χ1) is 14.0. The fraction of sp³-hybridized carbons (Fsp3) is 0.609. The average molecular weight is 418 g/mol. The summed E-state index contributed by atoms with van der Waals surface area (Å²) in [5.74, 6) is 0.335. The van der Waals surface area contributed by atoms with E-state index in [0.29, 0.717) is 36.7 Å². The SMILES string of the molecule is CC(=O)c1ccc(NC(=O)CCN2CCCC(CN(C)C(=O)OC(C)(C)C)C2)cc1. The Morgan fingerprint density at radius 1 is 1.20 bits per heavy atom. The van der Waals surface area contributed by atoms with Crippen molar-refractivity contribution in [3.63, 3.8) is 0 Å². The van der Waals surface area contributed by atoms with Gasteiger partial charge in [0.05, 0.1) is 0 Å². The Balaban J connectivity index is 1.75. The molecule has 0 radical (unpaired) electrons. The van der Waals surface area contributed by atoms with E-state index in [0.717, 1.165) is 25.9 Å². The van der Waals surface area contributed by atoms with E-state index in [9.17, 15) is 14.4 Å². The highest BCUT2D eigenvalue weighted by molar-refractivity contribution is 5.95. The van der Waals surface area contributed by atoms with Gasteiger partial charge in [-0.1, -0.05) is 0 Å². The maximum Gasteiger partial charge on any atom is 0.410 e. The molecule has 7 heteroatoms. The molecule has 0 aromatic heterocycles. The number of rotatable bonds is 7. The van der Waals surface area contributed by atoms with E-state index in [1.807, 2.05) is 20.8 Å². The first-order valence-electron chi connectivity index (χ1n) is 10.6. The number of amides is 2. The lowest BCUT2D eigenvalue weighted by Crippen LogP contribution is -2.43. The minimum atomic E-state index is -0.496. The first-order valence-corrected chi connectivity index (χ1v) is 10.6. The normalized spacial score (nSPS) is 17.3. The highest BCUT2D eigenvalue weighted by Crippen LogP contribution is 2.19. The van der Waals surface area contributed by atoms with E-state index in [-0.39, 0.29) is 17.8 Å². The van der Waals surface area contributed by atoms with Crippen LogP contribution < -0.4 is 5.32 Å². The van der Waals surface area contributed by atoms with Crippen molar-refractivity contribution in [2.24, 2.45) is 5.92 Å². The fourth-order valence-electron chi connectivity index (χ4n) is 3.58. The molecule has 0 spiro atoms. The Morgan fingerprint density at radius 3 is 2.47 bits per heavy atom. The molecule has 2 rings (SSSR count). The molecule has 0 saturated carbocycles. The molecule has 1 aromatic carbocycles. The van der Waals surface area contributed by atoms with E-state index in [4.69, 9.17) is 4.74 Å². The molecule has 166 valence electrons. The zero-order valence-corrected chi connectivity index (χ0v) is 18.9. The zero-order valence-electron chi connectivity index (χ0n) is 18.9. The summed E-state index contributed by atoms with van der Waals surface area (Å²) in [6, 6.07) is 6.93. The predicted molar refractivity (Wildman–Crippen MR) is 118 cm³/mol. The molecular formula is C23H35N3O4. The third kappa shape index (κ3) is 8.14. The van der Waals surface area contributed by atoms with Crippen LogP contribution in [-0.2, 0) is 9.53 Å². The number of hydrogen-bond acceptors (Lipinski definition) is 5. The molecule has 1 atom stereocenters. The number of nitrogens with zero attached hydrogens (tertiary/aromatic N) is 2. The number of nitrogens with one attached hydrogen (secondary N) is 1. The van der Waals surface area contributed by atoms with Gasteiger partial charge < -0.3 is 19.9 Å². The average Bonchev–Trinajstić information content (AvgIpc) is 2.66. The van der Waals surface area contributed by atoms with Crippen molar-refractivity contribution in [1.82, 2.24) is 9.80 Å². The smallest absolute Gasteiger partial charge is 0.410 e. The number of likely N-dealkylation sites (tertiary alicyclic amines) is 1. The van der Waals surface area contributed by atoms with E-state index < -0.39 is 5.60 Å². The number of carbonyl (C=O) groups excluding carboxylic acids is 3. The number of anilines is 1. The van der Waals surface area contributed by atoms with Gasteiger partial charge in [0.2, 0.25) is 5.91 Å². The van der Waals surface area contributed by atoms with Crippen LogP contribution in [0.3, 0.4) is 0 Å². The lowest BCUT2D eigenvalue weighted by molar-refractivity contribution is -0.116. The van der Waals surface area contributed by atoms with Crippen molar-refractivity contribution in [2.75, 3.05) is 38.5 Å². The van der Waals surface area contributed by atoms with Gasteiger partial charge in [-0.3, -0.25) is 9.59 Å². The van der Waals surface area contributed by atoms with Crippen molar-refractivity contribution in [3.05, 3.63) is 29.8 Å². The fourth-order valence-corrected chi connectivity index (χ4v) is 3.58. The van der Waals surface area contributed by atoms with Crippen LogP contribution in [0.2, 0.25) is 0 Å². The van der Waals surface area contributed by atoms with Crippen LogP contribution in [-0.4, -0.2) is 66.4 Å². The van der Waals surface area contributed by atoms with Crippen LogP contribution in [0.15, 0.2) is 24.3 Å². The zero-order chi connectivity index (χ0) is 22.3. The molecule has 30 heavy (non-hydrogen) atoms. The topological polar surface area (TPSA) is 79.0 Å². The molecule has 1 unspecified atom stereocenters. The summed E-state index contributed by atoms with van der Waals surface area (Å²) in [5.41, 5.74) is 0.827. The van der Waals surface area contributed by atoms with Crippen LogP contribution in [0.1, 0.15) is 57.3 Å². The number of ether oxygens (including phenoxy) is 1. The Labute approximate surface area is 179 Å². The maximum absolute atomic E-state index is 12.3. The number of benzene rings is 1. The second kappa shape index (κ2) is 10.6. The minimum Gasteiger partial charge on any atom is -0.444 e. The number of ketones is 1. The second-order valence-corrected chi connectivity index (χ2v) is 9.10. The van der Waals surface area contributed by atoms with E-state index in [2.05, 4.69) is 10.2 Å². The van der Waals surface area contributed by atoms with Gasteiger partial charge in [-0.15, -0.1) is 0 Å². The van der Waals surface area contributed by atoms with Crippen molar-refractivity contribution in [1.29, 1.82) is 0 Å². The highest BCUT2D eigenvalue weighted by Gasteiger charge is 2.25. The van der Waals surface area contributed by atoms with Gasteiger partial charge in [0.25, 0.3) is 0 Å². The molecule has 1 aliphatic rings. The molecule has 7 nitrogen and oxygen atoms in total. The molecule has 1 saturated heterocycles. The quantitative estimate of drug-likeness (QED) is 0.683. The first kappa shape index (κ1) is 23.9. The summed E-state index contributed by atoms with van der Waals surface area (Å²) in [6.45, 7) is 10.3. The monoisotopic (exact) mass is 417 g/mol. The molecule has 0 bridgehead atoms. The number of piperidine rings is 1. The maximum atomic E-state index is 12.3. The largest absolute Gasteiger partial charge is 0.444 e. The van der Waals surface area contributed by atoms with Gasteiger partial charge >= 0.3 is 6.09 Å². The van der Waals surface area contributed by atoms with Crippen molar-refractivity contribution in [3.8, 4) is 0 Å². The molecule has 1 fully saturated rings. The standard InChI is InChI=1S/C23H35N3O4/c1-17(27)19-8-10-20(11-9-19)24-21(28)12-14-26-13-6-7-18(16-26)15-25(5)22(29)30-23(2,3)4/h8-11,18H,6-7,12-16H2,1-5H3,(H,24,28).